The number of phosphoric ester groups is 2. The zero-order chi connectivity index (χ0) is 75.4. The van der Waals surface area contributed by atoms with Gasteiger partial charge in [-0.15, -0.1) is 0 Å². The molecule has 0 aliphatic heterocycles. The first-order valence-electron chi connectivity index (χ1n) is 41.2. The van der Waals surface area contributed by atoms with Gasteiger partial charge in [-0.3, -0.25) is 33.1 Å². The van der Waals surface area contributed by atoms with Gasteiger partial charge in [-0.1, -0.05) is 284 Å². The van der Waals surface area contributed by atoms with Gasteiger partial charge in [-0.05, 0) is 44.3 Å². The van der Waals surface area contributed by atoms with Gasteiger partial charge in [0.1, 0.15) is 39.5 Å². The highest BCUT2D eigenvalue weighted by molar-refractivity contribution is 7.99. The van der Waals surface area contributed by atoms with Crippen LogP contribution in [0.2, 0.25) is 0 Å². The molecule has 0 amide bonds. The first-order valence-corrected chi connectivity index (χ1v) is 45.3. The smallest absolute Gasteiger partial charge is 0.306 e. The van der Waals surface area contributed by atoms with Gasteiger partial charge in [-0.2, -0.15) is 11.8 Å². The van der Waals surface area contributed by atoms with Crippen LogP contribution in [0.15, 0.2) is 0 Å². The van der Waals surface area contributed by atoms with Gasteiger partial charge in [0, 0.05) is 31.4 Å². The third kappa shape index (κ3) is 76.1. The molecule has 0 bridgehead atoms. The van der Waals surface area contributed by atoms with E-state index >= 15 is 0 Å². The van der Waals surface area contributed by atoms with E-state index in [1.807, 2.05) is 54.0 Å². The van der Waals surface area contributed by atoms with E-state index in [0.29, 0.717) is 54.3 Å². The van der Waals surface area contributed by atoms with Gasteiger partial charge in [0.25, 0.3) is 15.6 Å². The highest BCUT2D eigenvalue weighted by atomic mass is 32.2. The SMILES string of the molecule is CCCCCCCCCCCCCCCC(=O)OC[C@H](COP(=O)([O-])OCC[N+](C)(C)C)OC(=O)CCCCCCCCCCCCCCCSCCC(=O)OCCCCCCCCCCCC(=O)O[C@@H](COC(=O)CCCCCCCCCCCCCCC)COP(=O)([O-])OCC[N+](C)(C)C. The number of phosphoric acid groups is 2. The average molecular weight is 1510 g/mol. The number of nitrogens with zero attached hydrogens (tertiary/aromatic N) is 2. The van der Waals surface area contributed by atoms with E-state index in [4.69, 9.17) is 41.8 Å². The molecular formula is C79H154N2O18P2S. The Bertz CT molecular complexity index is 2080. The van der Waals surface area contributed by atoms with E-state index < -0.39 is 64.9 Å². The molecule has 0 rings (SSSR count). The lowest BCUT2D eigenvalue weighted by Crippen LogP contribution is -2.37. The molecule has 4 atom stereocenters. The summed E-state index contributed by atoms with van der Waals surface area (Å²) in [6.07, 6.45) is 53.8. The van der Waals surface area contributed by atoms with Crippen molar-refractivity contribution in [2.75, 3.05) is 113 Å². The summed E-state index contributed by atoms with van der Waals surface area (Å²) in [5.41, 5.74) is 0. The van der Waals surface area contributed by atoms with Gasteiger partial charge in [0.15, 0.2) is 12.2 Å². The number of unbranched alkanes of at least 4 members (excludes halogenated alkanes) is 44. The Morgan fingerprint density at radius 1 is 0.294 bits per heavy atom. The van der Waals surface area contributed by atoms with Crippen molar-refractivity contribution < 1.29 is 93.6 Å². The highest BCUT2D eigenvalue weighted by Crippen LogP contribution is 2.39. The van der Waals surface area contributed by atoms with Crippen molar-refractivity contribution >= 4 is 57.3 Å². The zero-order valence-corrected chi connectivity index (χ0v) is 69.1. The third-order valence-corrected chi connectivity index (χ3v) is 21.2. The third-order valence-electron chi connectivity index (χ3n) is 18.2. The van der Waals surface area contributed by atoms with Crippen molar-refractivity contribution in [2.24, 2.45) is 0 Å². The number of ether oxygens (including phenoxy) is 5. The lowest BCUT2D eigenvalue weighted by atomic mass is 10.0. The number of carbonyl (C=O) groups excluding carboxylic acids is 5. The van der Waals surface area contributed by atoms with Crippen LogP contribution >= 0.6 is 27.4 Å². The quantitative estimate of drug-likeness (QED) is 0.0180. The normalized spacial score (nSPS) is 13.7. The molecule has 0 saturated heterocycles. The number of hydrogen-bond acceptors (Lipinski definition) is 19. The van der Waals surface area contributed by atoms with Crippen molar-refractivity contribution in [2.45, 2.75) is 366 Å². The Kier molecular flexibility index (Phi) is 67.8. The van der Waals surface area contributed by atoms with Crippen molar-refractivity contribution in [3.8, 4) is 0 Å². The Morgan fingerprint density at radius 2 is 0.549 bits per heavy atom. The number of carbonyl (C=O) groups is 5. The molecule has 23 heteroatoms. The maximum absolute atomic E-state index is 12.9. The zero-order valence-electron chi connectivity index (χ0n) is 66.5. The average Bonchev–Trinajstić information content (AvgIpc) is 0.913. The minimum atomic E-state index is -4.67. The van der Waals surface area contributed by atoms with Gasteiger partial charge >= 0.3 is 29.8 Å². The molecule has 0 aromatic rings. The lowest BCUT2D eigenvalue weighted by Gasteiger charge is -2.28. The van der Waals surface area contributed by atoms with E-state index in [1.165, 1.54) is 167 Å². The highest BCUT2D eigenvalue weighted by Gasteiger charge is 2.24. The molecule has 0 aliphatic carbocycles. The monoisotopic (exact) mass is 1510 g/mol. The second kappa shape index (κ2) is 69.3. The van der Waals surface area contributed by atoms with Crippen LogP contribution in [-0.4, -0.2) is 164 Å². The molecule has 0 aromatic carbocycles. The predicted octanol–water partition coefficient (Wildman–Crippen LogP) is 19.3. The molecule has 2 unspecified atom stereocenters. The number of hydrogen-bond donors (Lipinski definition) is 0. The number of thioether (sulfide) groups is 1. The van der Waals surface area contributed by atoms with Crippen LogP contribution in [-0.2, 0) is 74.9 Å². The van der Waals surface area contributed by atoms with E-state index in [-0.39, 0.29) is 58.1 Å². The molecule has 0 fully saturated rings. The molecule has 0 aromatic heterocycles. The fraction of sp³-hybridized carbons (Fsp3) is 0.937. The summed E-state index contributed by atoms with van der Waals surface area (Å²) in [5.74, 6) is -0.0419. The summed E-state index contributed by atoms with van der Waals surface area (Å²) >= 11 is 1.83. The number of rotatable bonds is 79. The molecule has 0 spiro atoms. The van der Waals surface area contributed by atoms with Crippen LogP contribution in [0.1, 0.15) is 354 Å². The molecule has 0 N–H and O–H groups in total. The Labute approximate surface area is 627 Å². The molecule has 0 heterocycles. The van der Waals surface area contributed by atoms with Crippen LogP contribution in [0, 0.1) is 0 Å². The second-order valence-electron chi connectivity index (χ2n) is 30.6. The maximum atomic E-state index is 12.9. The van der Waals surface area contributed by atoms with Crippen molar-refractivity contribution in [1.82, 2.24) is 0 Å². The molecule has 102 heavy (non-hydrogen) atoms. The Hall–Kier alpha value is -2.16. The van der Waals surface area contributed by atoms with Crippen molar-refractivity contribution in [3.05, 3.63) is 0 Å². The first kappa shape index (κ1) is 99.8. The van der Waals surface area contributed by atoms with E-state index in [1.54, 1.807) is 0 Å². The van der Waals surface area contributed by atoms with Crippen LogP contribution in [0.5, 0.6) is 0 Å². The first-order chi connectivity index (χ1) is 49.0. The topological polar surface area (TPSA) is 249 Å². The lowest BCUT2D eigenvalue weighted by molar-refractivity contribution is -0.870. The standard InChI is InChI=1S/C79H154N2O18P2S/c1-9-11-13-15-17-19-21-24-28-33-39-45-51-57-75(82)92-69-73(71-96-100(87,88)94-65-62-80(3,4)5)98-78(85)59-53-47-41-35-30-26-23-27-31-38-44-50-56-67-102-68-61-77(84)91-64-55-49-43-37-32-36-42-48-54-60-79(86)99-74(72-97-101(89,90)95-66-63-81(6,7)8)70-93-76(83)58-52-46-40-34-29-25-22-20-18-16-14-12-10-2/h73-74H,9-72H2,1-8H3/t73-,74+/m1/s1. The Morgan fingerprint density at radius 3 is 0.843 bits per heavy atom. The maximum Gasteiger partial charge on any atom is 0.306 e. The molecular weight excluding hydrogens is 1360 g/mol. The van der Waals surface area contributed by atoms with Crippen LogP contribution in [0.3, 0.4) is 0 Å². The number of quaternary nitrogens is 2. The molecule has 604 valence electrons. The fourth-order valence-electron chi connectivity index (χ4n) is 11.6. The van der Waals surface area contributed by atoms with Crippen molar-refractivity contribution in [3.63, 3.8) is 0 Å². The van der Waals surface area contributed by atoms with E-state index in [2.05, 4.69) is 13.8 Å². The van der Waals surface area contributed by atoms with Gasteiger partial charge < -0.3 is 60.5 Å². The van der Waals surface area contributed by atoms with Gasteiger partial charge in [0.2, 0.25) is 0 Å². The Balaban J connectivity index is 4.12. The summed E-state index contributed by atoms with van der Waals surface area (Å²) in [7, 11) is 2.18. The molecule has 0 radical (unpaired) electrons. The van der Waals surface area contributed by atoms with E-state index in [9.17, 15) is 42.9 Å². The molecule has 20 nitrogen and oxygen atoms in total. The molecule has 0 aliphatic rings. The second-order valence-corrected chi connectivity index (χ2v) is 34.7. The summed E-state index contributed by atoms with van der Waals surface area (Å²) in [5, 5.41) is 0. The van der Waals surface area contributed by atoms with Crippen LogP contribution < -0.4 is 9.79 Å². The van der Waals surface area contributed by atoms with Gasteiger partial charge in [0.05, 0.1) is 68.5 Å². The van der Waals surface area contributed by atoms with Gasteiger partial charge in [-0.25, -0.2) is 0 Å². The summed E-state index contributed by atoms with van der Waals surface area (Å²) in [4.78, 5) is 88.2. The largest absolute Gasteiger partial charge is 0.756 e. The summed E-state index contributed by atoms with van der Waals surface area (Å²) in [6, 6.07) is 0. The number of likely N-dealkylation sites (N-methyl/N-ethyl adjacent to an activating group) is 2. The minimum absolute atomic E-state index is 0.0511. The summed E-state index contributed by atoms with van der Waals surface area (Å²) < 4.78 is 73.8. The number of esters is 5. The fourth-order valence-corrected chi connectivity index (χ4v) is 14.0. The molecule has 0 saturated carbocycles. The minimum Gasteiger partial charge on any atom is -0.756 e. The predicted molar refractivity (Wildman–Crippen MR) is 411 cm³/mol. The van der Waals surface area contributed by atoms with Crippen molar-refractivity contribution in [1.29, 1.82) is 0 Å². The van der Waals surface area contributed by atoms with Crippen LogP contribution in [0.4, 0.5) is 0 Å². The van der Waals surface area contributed by atoms with Crippen LogP contribution in [0.25, 0.3) is 0 Å². The summed E-state index contributed by atoms with van der Waals surface area (Å²) in [6.45, 7) is 4.18. The van der Waals surface area contributed by atoms with E-state index in [0.717, 1.165) is 134 Å².